The highest BCUT2D eigenvalue weighted by Crippen LogP contribution is 2.43. The van der Waals surface area contributed by atoms with Crippen LogP contribution in [-0.4, -0.2) is 23.9 Å². The van der Waals surface area contributed by atoms with Crippen molar-refractivity contribution in [2.45, 2.75) is 18.8 Å². The number of amides is 1. The van der Waals surface area contributed by atoms with Crippen LogP contribution in [0.2, 0.25) is 0 Å². The molecule has 0 N–H and O–H groups in total. The molecule has 2 nitrogen and oxygen atoms in total. The topological polar surface area (TPSA) is 20.3 Å². The van der Waals surface area contributed by atoms with Gasteiger partial charge >= 0.3 is 0 Å². The molecule has 1 aliphatic heterocycles. The summed E-state index contributed by atoms with van der Waals surface area (Å²) in [5.74, 6) is 1.02. The number of carbonyl (C=O) groups excluding carboxylic acids is 1. The average molecular weight is 406 g/mol. The standard InChI is InChI=1S/C29H27NO/c31-28(17-14-22-8-2-1-3-9-22)30-20-18-25(19-21-30)29-26-12-6-4-10-23(26)15-16-24-11-5-7-13-27(24)29/h1-17,25,29H,18-21H2/b17-14+. The number of piperidine rings is 1. The van der Waals surface area contributed by atoms with Gasteiger partial charge in [-0.25, -0.2) is 0 Å². The largest absolute Gasteiger partial charge is 0.339 e. The van der Waals surface area contributed by atoms with Crippen LogP contribution in [0.3, 0.4) is 0 Å². The van der Waals surface area contributed by atoms with Crippen molar-refractivity contribution in [3.05, 3.63) is 113 Å². The quantitative estimate of drug-likeness (QED) is 0.471. The van der Waals surface area contributed by atoms with E-state index in [1.54, 1.807) is 6.08 Å². The van der Waals surface area contributed by atoms with Gasteiger partial charge in [-0.3, -0.25) is 4.79 Å². The summed E-state index contributed by atoms with van der Waals surface area (Å²) in [6, 6.07) is 27.6. The van der Waals surface area contributed by atoms with E-state index in [9.17, 15) is 4.79 Å². The Bertz CT molecular complexity index is 1070. The van der Waals surface area contributed by atoms with Gasteiger partial charge in [0.15, 0.2) is 0 Å². The minimum Gasteiger partial charge on any atom is -0.339 e. The third-order valence-corrected chi connectivity index (χ3v) is 6.65. The summed E-state index contributed by atoms with van der Waals surface area (Å²) in [7, 11) is 0. The summed E-state index contributed by atoms with van der Waals surface area (Å²) in [6.45, 7) is 1.63. The van der Waals surface area contributed by atoms with Gasteiger partial charge in [-0.05, 0) is 52.7 Å². The van der Waals surface area contributed by atoms with Gasteiger partial charge in [0.1, 0.15) is 0 Å². The Labute approximate surface area is 184 Å². The number of fused-ring (bicyclic) bond motifs is 2. The van der Waals surface area contributed by atoms with Crippen molar-refractivity contribution in [3.8, 4) is 0 Å². The lowest BCUT2D eigenvalue weighted by molar-refractivity contribution is -0.127. The Kier molecular flexibility index (Phi) is 5.54. The SMILES string of the molecule is O=C(/C=C/c1ccccc1)N1CCC(C2c3ccccc3C=Cc3ccccc32)CC1. The summed E-state index contributed by atoms with van der Waals surface area (Å²) >= 11 is 0. The molecule has 2 aliphatic rings. The van der Waals surface area contributed by atoms with Gasteiger partial charge in [0, 0.05) is 25.1 Å². The zero-order valence-corrected chi connectivity index (χ0v) is 17.7. The van der Waals surface area contributed by atoms with Crippen LogP contribution in [0.5, 0.6) is 0 Å². The summed E-state index contributed by atoms with van der Waals surface area (Å²) in [6.07, 6.45) is 10.2. The number of rotatable bonds is 3. The Balaban J connectivity index is 1.34. The fourth-order valence-electron chi connectivity index (χ4n) is 5.04. The van der Waals surface area contributed by atoms with E-state index in [-0.39, 0.29) is 5.91 Å². The van der Waals surface area contributed by atoms with E-state index in [0.29, 0.717) is 11.8 Å². The van der Waals surface area contributed by atoms with Gasteiger partial charge in [0.2, 0.25) is 5.91 Å². The van der Waals surface area contributed by atoms with E-state index >= 15 is 0 Å². The Hall–Kier alpha value is -3.39. The first-order valence-electron chi connectivity index (χ1n) is 11.2. The average Bonchev–Trinajstić information content (AvgIpc) is 3.00. The lowest BCUT2D eigenvalue weighted by atomic mass is 9.74. The van der Waals surface area contributed by atoms with Gasteiger partial charge in [0.05, 0.1) is 0 Å². The first kappa shape index (κ1) is 19.6. The van der Waals surface area contributed by atoms with Gasteiger partial charge in [-0.15, -0.1) is 0 Å². The molecule has 154 valence electrons. The number of nitrogens with zero attached hydrogens (tertiary/aromatic N) is 1. The Morgan fingerprint density at radius 2 is 1.29 bits per heavy atom. The van der Waals surface area contributed by atoms with Crippen molar-refractivity contribution >= 4 is 24.1 Å². The number of hydrogen-bond acceptors (Lipinski definition) is 1. The highest BCUT2D eigenvalue weighted by atomic mass is 16.2. The molecule has 3 aromatic carbocycles. The van der Waals surface area contributed by atoms with E-state index < -0.39 is 0 Å². The van der Waals surface area contributed by atoms with Crippen molar-refractivity contribution in [2.75, 3.05) is 13.1 Å². The van der Waals surface area contributed by atoms with Crippen molar-refractivity contribution in [3.63, 3.8) is 0 Å². The predicted octanol–water partition coefficient (Wildman–Crippen LogP) is 6.25. The van der Waals surface area contributed by atoms with Gasteiger partial charge in [0.25, 0.3) is 0 Å². The normalized spacial score (nSPS) is 16.7. The van der Waals surface area contributed by atoms with Crippen molar-refractivity contribution in [1.29, 1.82) is 0 Å². The summed E-state index contributed by atoms with van der Waals surface area (Å²) in [5, 5.41) is 0. The highest BCUT2D eigenvalue weighted by molar-refractivity contribution is 5.91. The van der Waals surface area contributed by atoms with Crippen LogP contribution in [0.15, 0.2) is 84.9 Å². The van der Waals surface area contributed by atoms with Gasteiger partial charge in [-0.1, -0.05) is 91.0 Å². The lowest BCUT2D eigenvalue weighted by Gasteiger charge is -2.37. The second kappa shape index (κ2) is 8.77. The van der Waals surface area contributed by atoms with Crippen LogP contribution in [0, 0.1) is 5.92 Å². The monoisotopic (exact) mass is 405 g/mol. The number of benzene rings is 3. The van der Waals surface area contributed by atoms with E-state index in [1.165, 1.54) is 22.3 Å². The van der Waals surface area contributed by atoms with Gasteiger partial charge in [-0.2, -0.15) is 0 Å². The first-order chi connectivity index (χ1) is 15.3. The van der Waals surface area contributed by atoms with Crippen LogP contribution >= 0.6 is 0 Å². The molecule has 0 atom stereocenters. The lowest BCUT2D eigenvalue weighted by Crippen LogP contribution is -2.39. The molecule has 0 radical (unpaired) electrons. The van der Waals surface area contributed by atoms with Crippen molar-refractivity contribution in [2.24, 2.45) is 5.92 Å². The van der Waals surface area contributed by atoms with Crippen molar-refractivity contribution < 1.29 is 4.79 Å². The molecule has 1 aliphatic carbocycles. The molecule has 1 amide bonds. The Morgan fingerprint density at radius 3 is 1.90 bits per heavy atom. The summed E-state index contributed by atoms with van der Waals surface area (Å²) in [4.78, 5) is 14.7. The molecule has 0 spiro atoms. The fraction of sp³-hybridized carbons (Fsp3) is 0.207. The second-order valence-electron chi connectivity index (χ2n) is 8.48. The maximum Gasteiger partial charge on any atom is 0.246 e. The molecular weight excluding hydrogens is 378 g/mol. The molecule has 3 aromatic rings. The smallest absolute Gasteiger partial charge is 0.246 e. The van der Waals surface area contributed by atoms with Crippen molar-refractivity contribution in [1.82, 2.24) is 4.90 Å². The maximum atomic E-state index is 12.7. The maximum absolute atomic E-state index is 12.7. The van der Waals surface area contributed by atoms with Crippen LogP contribution in [0.25, 0.3) is 18.2 Å². The molecule has 0 unspecified atom stereocenters. The van der Waals surface area contributed by atoms with E-state index in [1.807, 2.05) is 41.3 Å². The minimum absolute atomic E-state index is 0.116. The summed E-state index contributed by atoms with van der Waals surface area (Å²) in [5.41, 5.74) is 6.51. The van der Waals surface area contributed by atoms with Crippen LogP contribution in [0.1, 0.15) is 46.6 Å². The zero-order chi connectivity index (χ0) is 21.0. The molecule has 1 fully saturated rings. The molecular formula is C29H27NO. The third kappa shape index (κ3) is 4.11. The molecule has 31 heavy (non-hydrogen) atoms. The van der Waals surface area contributed by atoms with E-state index in [2.05, 4.69) is 60.7 Å². The number of carbonyl (C=O) groups is 1. The van der Waals surface area contributed by atoms with Crippen LogP contribution in [0.4, 0.5) is 0 Å². The zero-order valence-electron chi connectivity index (χ0n) is 17.7. The summed E-state index contributed by atoms with van der Waals surface area (Å²) < 4.78 is 0. The fourth-order valence-corrected chi connectivity index (χ4v) is 5.04. The van der Waals surface area contributed by atoms with Gasteiger partial charge < -0.3 is 4.90 Å². The molecule has 5 rings (SSSR count). The second-order valence-corrected chi connectivity index (χ2v) is 8.48. The van der Waals surface area contributed by atoms with E-state index in [4.69, 9.17) is 0 Å². The first-order valence-corrected chi connectivity index (χ1v) is 11.2. The molecule has 0 saturated carbocycles. The van der Waals surface area contributed by atoms with E-state index in [0.717, 1.165) is 31.5 Å². The third-order valence-electron chi connectivity index (χ3n) is 6.65. The molecule has 2 heteroatoms. The minimum atomic E-state index is 0.116. The van der Waals surface area contributed by atoms with Crippen LogP contribution < -0.4 is 0 Å². The number of likely N-dealkylation sites (tertiary alicyclic amines) is 1. The predicted molar refractivity (Wildman–Crippen MR) is 128 cm³/mol. The van der Waals surface area contributed by atoms with Crippen LogP contribution in [-0.2, 0) is 4.79 Å². The molecule has 0 aromatic heterocycles. The highest BCUT2D eigenvalue weighted by Gasteiger charge is 2.32. The molecule has 0 bridgehead atoms. The molecule has 1 heterocycles. The molecule has 1 saturated heterocycles. The number of hydrogen-bond donors (Lipinski definition) is 0. The Morgan fingerprint density at radius 1 is 0.742 bits per heavy atom.